The number of benzene rings is 2. The Bertz CT molecular complexity index is 780. The van der Waals surface area contributed by atoms with Gasteiger partial charge in [-0.15, -0.1) is 0 Å². The van der Waals surface area contributed by atoms with Crippen molar-refractivity contribution in [1.29, 1.82) is 0 Å². The van der Waals surface area contributed by atoms with Crippen LogP contribution in [0, 0.1) is 0 Å². The zero-order chi connectivity index (χ0) is 19.2. The molecular formula is C22H27NO4. The highest BCUT2D eigenvalue weighted by Crippen LogP contribution is 2.31. The van der Waals surface area contributed by atoms with Crippen molar-refractivity contribution >= 4 is 5.91 Å². The molecule has 0 unspecified atom stereocenters. The van der Waals surface area contributed by atoms with Gasteiger partial charge in [0.1, 0.15) is 17.2 Å². The molecule has 2 aromatic rings. The Balaban J connectivity index is 1.79. The minimum atomic E-state index is -0.0164. The maximum absolute atomic E-state index is 12.9. The molecule has 5 heteroatoms. The van der Waals surface area contributed by atoms with E-state index < -0.39 is 0 Å². The predicted molar refractivity (Wildman–Crippen MR) is 105 cm³/mol. The molecule has 1 fully saturated rings. The molecule has 27 heavy (non-hydrogen) atoms. The topological polar surface area (TPSA) is 59.0 Å². The molecule has 0 radical (unpaired) electrons. The molecule has 0 aromatic heterocycles. The fourth-order valence-corrected chi connectivity index (χ4v) is 3.49. The standard InChI is InChI=1S/C22H27NO4/c1-26-18-10-7-16(8-11-18)6-9-17-14-19(21(27-2)15-20(17)24)22(25)23-12-4-3-5-13-23/h7-8,10-11,14-15,24H,3-6,9,12-13H2,1-2H3. The molecule has 0 saturated carbocycles. The van der Waals surface area contributed by atoms with E-state index in [1.165, 1.54) is 13.5 Å². The first-order valence-corrected chi connectivity index (χ1v) is 9.44. The molecule has 5 nitrogen and oxygen atoms in total. The number of piperidine rings is 1. The molecule has 0 atom stereocenters. The van der Waals surface area contributed by atoms with E-state index in [0.29, 0.717) is 17.7 Å². The summed E-state index contributed by atoms with van der Waals surface area (Å²) in [4.78, 5) is 14.8. The quantitative estimate of drug-likeness (QED) is 0.841. The number of likely N-dealkylation sites (tertiary alicyclic amines) is 1. The van der Waals surface area contributed by atoms with E-state index in [0.717, 1.165) is 49.2 Å². The Kier molecular flexibility index (Phi) is 6.22. The molecule has 1 aliphatic heterocycles. The molecule has 1 N–H and O–H groups in total. The number of ether oxygens (including phenoxy) is 2. The summed E-state index contributed by atoms with van der Waals surface area (Å²) in [6, 6.07) is 11.2. The van der Waals surface area contributed by atoms with Crippen LogP contribution >= 0.6 is 0 Å². The van der Waals surface area contributed by atoms with E-state index >= 15 is 0 Å². The van der Waals surface area contributed by atoms with Crippen LogP contribution in [0.15, 0.2) is 36.4 Å². The molecule has 3 rings (SSSR count). The zero-order valence-electron chi connectivity index (χ0n) is 16.0. The van der Waals surface area contributed by atoms with Crippen LogP contribution in [0.1, 0.15) is 40.7 Å². The summed E-state index contributed by atoms with van der Waals surface area (Å²) in [5.74, 6) is 1.39. The van der Waals surface area contributed by atoms with Gasteiger partial charge in [0.2, 0.25) is 0 Å². The number of nitrogens with zero attached hydrogens (tertiary/aromatic N) is 1. The summed E-state index contributed by atoms with van der Waals surface area (Å²) in [5.41, 5.74) is 2.43. The Labute approximate surface area is 160 Å². The molecule has 0 spiro atoms. The Morgan fingerprint density at radius 1 is 1.00 bits per heavy atom. The van der Waals surface area contributed by atoms with Crippen molar-refractivity contribution in [3.05, 3.63) is 53.1 Å². The zero-order valence-corrected chi connectivity index (χ0v) is 16.0. The van der Waals surface area contributed by atoms with Gasteiger partial charge in [0, 0.05) is 19.2 Å². The van der Waals surface area contributed by atoms with Crippen LogP contribution < -0.4 is 9.47 Å². The lowest BCUT2D eigenvalue weighted by atomic mass is 9.99. The second kappa shape index (κ2) is 8.80. The van der Waals surface area contributed by atoms with Crippen molar-refractivity contribution in [3.63, 3.8) is 0 Å². The number of aryl methyl sites for hydroxylation is 2. The van der Waals surface area contributed by atoms with E-state index in [9.17, 15) is 9.90 Å². The van der Waals surface area contributed by atoms with E-state index in [1.807, 2.05) is 29.2 Å². The number of rotatable bonds is 6. The van der Waals surface area contributed by atoms with Crippen molar-refractivity contribution in [2.45, 2.75) is 32.1 Å². The van der Waals surface area contributed by atoms with Crippen LogP contribution in [0.4, 0.5) is 0 Å². The molecule has 2 aromatic carbocycles. The second-order valence-electron chi connectivity index (χ2n) is 6.88. The first-order chi connectivity index (χ1) is 13.1. The van der Waals surface area contributed by atoms with Gasteiger partial charge < -0.3 is 19.5 Å². The maximum Gasteiger partial charge on any atom is 0.257 e. The summed E-state index contributed by atoms with van der Waals surface area (Å²) in [5, 5.41) is 10.4. The fraction of sp³-hybridized carbons (Fsp3) is 0.409. The maximum atomic E-state index is 12.9. The third-order valence-electron chi connectivity index (χ3n) is 5.12. The minimum Gasteiger partial charge on any atom is -0.508 e. The Morgan fingerprint density at radius 2 is 1.70 bits per heavy atom. The average Bonchev–Trinajstić information content (AvgIpc) is 2.73. The van der Waals surface area contributed by atoms with E-state index in [-0.39, 0.29) is 11.7 Å². The number of hydrogen-bond acceptors (Lipinski definition) is 4. The van der Waals surface area contributed by atoms with Crippen LogP contribution in [0.5, 0.6) is 17.2 Å². The van der Waals surface area contributed by atoms with E-state index in [2.05, 4.69) is 0 Å². The van der Waals surface area contributed by atoms with Crippen molar-refractivity contribution < 1.29 is 19.4 Å². The lowest BCUT2D eigenvalue weighted by Gasteiger charge is -2.27. The third-order valence-corrected chi connectivity index (χ3v) is 5.12. The van der Waals surface area contributed by atoms with Gasteiger partial charge in [-0.25, -0.2) is 0 Å². The fourth-order valence-electron chi connectivity index (χ4n) is 3.49. The van der Waals surface area contributed by atoms with Crippen LogP contribution in [0.25, 0.3) is 0 Å². The average molecular weight is 369 g/mol. The van der Waals surface area contributed by atoms with E-state index in [1.54, 1.807) is 19.2 Å². The molecule has 0 aliphatic carbocycles. The van der Waals surface area contributed by atoms with Gasteiger partial charge >= 0.3 is 0 Å². The van der Waals surface area contributed by atoms with Gasteiger partial charge in [0.25, 0.3) is 5.91 Å². The van der Waals surface area contributed by atoms with Crippen LogP contribution in [-0.4, -0.2) is 43.2 Å². The molecular weight excluding hydrogens is 342 g/mol. The molecule has 1 aliphatic rings. The smallest absolute Gasteiger partial charge is 0.257 e. The highest BCUT2D eigenvalue weighted by atomic mass is 16.5. The van der Waals surface area contributed by atoms with Crippen molar-refractivity contribution in [3.8, 4) is 17.2 Å². The van der Waals surface area contributed by atoms with Gasteiger partial charge in [-0.05, 0) is 61.4 Å². The van der Waals surface area contributed by atoms with E-state index in [4.69, 9.17) is 9.47 Å². The van der Waals surface area contributed by atoms with Crippen LogP contribution in [0.2, 0.25) is 0 Å². The number of methoxy groups -OCH3 is 2. The van der Waals surface area contributed by atoms with Gasteiger partial charge in [0.15, 0.2) is 0 Å². The summed E-state index contributed by atoms with van der Waals surface area (Å²) in [6.07, 6.45) is 4.65. The van der Waals surface area contributed by atoms with Gasteiger partial charge in [-0.2, -0.15) is 0 Å². The van der Waals surface area contributed by atoms with Gasteiger partial charge in [-0.3, -0.25) is 4.79 Å². The molecule has 1 heterocycles. The summed E-state index contributed by atoms with van der Waals surface area (Å²) in [7, 11) is 3.17. The molecule has 1 saturated heterocycles. The SMILES string of the molecule is COc1ccc(CCc2cc(C(=O)N3CCCCC3)c(OC)cc2O)cc1. The predicted octanol–water partition coefficient (Wildman–Crippen LogP) is 3.82. The van der Waals surface area contributed by atoms with Gasteiger partial charge in [-0.1, -0.05) is 12.1 Å². The number of carbonyl (C=O) groups is 1. The first-order valence-electron chi connectivity index (χ1n) is 9.44. The van der Waals surface area contributed by atoms with Crippen molar-refractivity contribution in [2.24, 2.45) is 0 Å². The van der Waals surface area contributed by atoms with Crippen molar-refractivity contribution in [2.75, 3.05) is 27.3 Å². The Hall–Kier alpha value is -2.69. The summed E-state index contributed by atoms with van der Waals surface area (Å²) >= 11 is 0. The number of carbonyl (C=O) groups excluding carboxylic acids is 1. The monoisotopic (exact) mass is 369 g/mol. The summed E-state index contributed by atoms with van der Waals surface area (Å²) in [6.45, 7) is 1.56. The van der Waals surface area contributed by atoms with Crippen molar-refractivity contribution in [1.82, 2.24) is 4.90 Å². The molecule has 0 bridgehead atoms. The highest BCUT2D eigenvalue weighted by molar-refractivity contribution is 5.97. The normalized spacial score (nSPS) is 14.1. The summed E-state index contributed by atoms with van der Waals surface area (Å²) < 4.78 is 10.5. The minimum absolute atomic E-state index is 0.0164. The number of amides is 1. The highest BCUT2D eigenvalue weighted by Gasteiger charge is 2.23. The second-order valence-corrected chi connectivity index (χ2v) is 6.88. The molecule has 144 valence electrons. The number of phenolic OH excluding ortho intramolecular Hbond substituents is 1. The number of aromatic hydroxyl groups is 1. The first kappa shape index (κ1) is 19.1. The van der Waals surface area contributed by atoms with Crippen LogP contribution in [-0.2, 0) is 12.8 Å². The lowest BCUT2D eigenvalue weighted by molar-refractivity contribution is 0.0721. The van der Waals surface area contributed by atoms with Gasteiger partial charge in [0.05, 0.1) is 19.8 Å². The Morgan fingerprint density at radius 3 is 2.33 bits per heavy atom. The number of phenols is 1. The molecule has 1 amide bonds. The third kappa shape index (κ3) is 4.54. The number of hydrogen-bond donors (Lipinski definition) is 1. The lowest BCUT2D eigenvalue weighted by Crippen LogP contribution is -2.35. The largest absolute Gasteiger partial charge is 0.508 e. The van der Waals surface area contributed by atoms with Crippen LogP contribution in [0.3, 0.4) is 0 Å².